The van der Waals surface area contributed by atoms with Crippen molar-refractivity contribution in [2.45, 2.75) is 32.7 Å². The molecule has 1 N–H and O–H groups in total. The van der Waals surface area contributed by atoms with Crippen LogP contribution in [0.25, 0.3) is 0 Å². The molecular weight excluding hydrogens is 244 g/mol. The van der Waals surface area contributed by atoms with Crippen molar-refractivity contribution >= 4 is 11.6 Å². The minimum absolute atomic E-state index is 0.00668. The molecule has 1 aromatic rings. The Kier molecular flexibility index (Phi) is 5.07. The van der Waals surface area contributed by atoms with E-state index >= 15 is 0 Å². The van der Waals surface area contributed by atoms with E-state index in [4.69, 9.17) is 6.42 Å². The monoisotopic (exact) mass is 260 g/mol. The highest BCUT2D eigenvalue weighted by atomic mass is 16.6. The Balaban J connectivity index is 2.86. The lowest BCUT2D eigenvalue weighted by Gasteiger charge is -2.14. The van der Waals surface area contributed by atoms with E-state index in [0.29, 0.717) is 17.5 Å². The van der Waals surface area contributed by atoms with E-state index in [-0.39, 0.29) is 17.6 Å². The lowest BCUT2D eigenvalue weighted by molar-refractivity contribution is -0.385. The summed E-state index contributed by atoms with van der Waals surface area (Å²) in [7, 11) is 0. The van der Waals surface area contributed by atoms with Crippen molar-refractivity contribution < 1.29 is 9.72 Å². The van der Waals surface area contributed by atoms with E-state index in [2.05, 4.69) is 11.2 Å². The molecule has 5 nitrogen and oxygen atoms in total. The molecule has 0 saturated heterocycles. The van der Waals surface area contributed by atoms with Gasteiger partial charge in [0.05, 0.1) is 4.92 Å². The molecule has 0 fully saturated rings. The Morgan fingerprint density at radius 1 is 1.58 bits per heavy atom. The third kappa shape index (κ3) is 3.81. The number of nitro benzene ring substituents is 1. The van der Waals surface area contributed by atoms with Crippen LogP contribution in [0.4, 0.5) is 5.69 Å². The van der Waals surface area contributed by atoms with Gasteiger partial charge in [0, 0.05) is 29.7 Å². The summed E-state index contributed by atoms with van der Waals surface area (Å²) in [6.07, 6.45) is 6.42. The van der Waals surface area contributed by atoms with Crippen LogP contribution in [0.1, 0.15) is 35.7 Å². The molecule has 1 unspecified atom stereocenters. The highest BCUT2D eigenvalue weighted by Gasteiger charge is 2.15. The summed E-state index contributed by atoms with van der Waals surface area (Å²) in [5, 5.41) is 13.5. The zero-order valence-corrected chi connectivity index (χ0v) is 11.0. The first-order valence-corrected chi connectivity index (χ1v) is 5.99. The fourth-order valence-electron chi connectivity index (χ4n) is 1.71. The van der Waals surface area contributed by atoms with Crippen molar-refractivity contribution in [2.75, 3.05) is 0 Å². The summed E-state index contributed by atoms with van der Waals surface area (Å²) < 4.78 is 0. The standard InChI is InChI=1S/C14H16N2O3/c1-4-6-12(5-2)15-14(17)11-7-8-13(16(18)19)10(3)9-11/h1,7-9,12H,5-6H2,2-3H3,(H,15,17). The number of benzene rings is 1. The van der Waals surface area contributed by atoms with Crippen LogP contribution in [0.15, 0.2) is 18.2 Å². The minimum atomic E-state index is -0.468. The Labute approximate surface area is 112 Å². The molecule has 1 aromatic carbocycles. The Morgan fingerprint density at radius 3 is 2.74 bits per heavy atom. The third-order valence-electron chi connectivity index (χ3n) is 2.85. The van der Waals surface area contributed by atoms with E-state index in [1.165, 1.54) is 18.2 Å². The van der Waals surface area contributed by atoms with Gasteiger partial charge in [-0.05, 0) is 25.5 Å². The van der Waals surface area contributed by atoms with Crippen molar-refractivity contribution in [1.29, 1.82) is 0 Å². The van der Waals surface area contributed by atoms with Gasteiger partial charge in [-0.15, -0.1) is 12.3 Å². The normalized spacial score (nSPS) is 11.4. The van der Waals surface area contributed by atoms with Gasteiger partial charge in [0.25, 0.3) is 11.6 Å². The lowest BCUT2D eigenvalue weighted by Crippen LogP contribution is -2.34. The van der Waals surface area contributed by atoms with Crippen molar-refractivity contribution in [3.8, 4) is 12.3 Å². The molecule has 0 radical (unpaired) electrons. The number of nitrogens with zero attached hydrogens (tertiary/aromatic N) is 1. The van der Waals surface area contributed by atoms with Crippen LogP contribution < -0.4 is 5.32 Å². The zero-order chi connectivity index (χ0) is 14.4. The van der Waals surface area contributed by atoms with E-state index in [1.54, 1.807) is 6.92 Å². The number of hydrogen-bond donors (Lipinski definition) is 1. The maximum atomic E-state index is 12.0. The average molecular weight is 260 g/mol. The largest absolute Gasteiger partial charge is 0.348 e. The maximum absolute atomic E-state index is 12.0. The Hall–Kier alpha value is -2.35. The van der Waals surface area contributed by atoms with Crippen LogP contribution in [-0.2, 0) is 0 Å². The molecule has 0 bridgehead atoms. The second-order valence-corrected chi connectivity index (χ2v) is 4.25. The predicted molar refractivity (Wildman–Crippen MR) is 72.8 cm³/mol. The maximum Gasteiger partial charge on any atom is 0.272 e. The van der Waals surface area contributed by atoms with Gasteiger partial charge in [-0.2, -0.15) is 0 Å². The molecule has 0 spiro atoms. The van der Waals surface area contributed by atoms with Crippen molar-refractivity contribution in [3.05, 3.63) is 39.4 Å². The number of aryl methyl sites for hydroxylation is 1. The molecule has 0 aromatic heterocycles. The molecular formula is C14H16N2O3. The molecule has 0 heterocycles. The van der Waals surface area contributed by atoms with Crippen LogP contribution in [0.3, 0.4) is 0 Å². The van der Waals surface area contributed by atoms with Crippen LogP contribution in [0.2, 0.25) is 0 Å². The van der Waals surface area contributed by atoms with Gasteiger partial charge in [0.15, 0.2) is 0 Å². The van der Waals surface area contributed by atoms with Crippen molar-refractivity contribution in [1.82, 2.24) is 5.32 Å². The molecule has 1 amide bonds. The minimum Gasteiger partial charge on any atom is -0.348 e. The molecule has 100 valence electrons. The van der Waals surface area contributed by atoms with E-state index in [1.807, 2.05) is 6.92 Å². The number of nitrogens with one attached hydrogen (secondary N) is 1. The van der Waals surface area contributed by atoms with Crippen molar-refractivity contribution in [3.63, 3.8) is 0 Å². The van der Waals surface area contributed by atoms with Crippen LogP contribution in [-0.4, -0.2) is 16.9 Å². The molecule has 1 atom stereocenters. The number of rotatable bonds is 5. The van der Waals surface area contributed by atoms with E-state index < -0.39 is 4.92 Å². The lowest BCUT2D eigenvalue weighted by atomic mass is 10.1. The number of nitro groups is 1. The zero-order valence-electron chi connectivity index (χ0n) is 11.0. The van der Waals surface area contributed by atoms with Crippen LogP contribution in [0.5, 0.6) is 0 Å². The smallest absolute Gasteiger partial charge is 0.272 e. The number of carbonyl (C=O) groups excluding carboxylic acids is 1. The first kappa shape index (κ1) is 14.7. The summed E-state index contributed by atoms with van der Waals surface area (Å²) in [5.41, 5.74) is 0.869. The number of hydrogen-bond acceptors (Lipinski definition) is 3. The summed E-state index contributed by atoms with van der Waals surface area (Å²) in [6.45, 7) is 3.54. The molecule has 5 heteroatoms. The fourth-order valence-corrected chi connectivity index (χ4v) is 1.71. The van der Waals surface area contributed by atoms with Gasteiger partial charge in [0.2, 0.25) is 0 Å². The number of carbonyl (C=O) groups is 1. The predicted octanol–water partition coefficient (Wildman–Crippen LogP) is 2.43. The first-order chi connectivity index (χ1) is 8.99. The SMILES string of the molecule is C#CCC(CC)NC(=O)c1ccc([N+](=O)[O-])c(C)c1. The molecule has 0 aliphatic rings. The van der Waals surface area contributed by atoms with Crippen LogP contribution in [0, 0.1) is 29.4 Å². The summed E-state index contributed by atoms with van der Waals surface area (Å²) in [6, 6.07) is 4.22. The van der Waals surface area contributed by atoms with E-state index in [0.717, 1.165) is 6.42 Å². The Bertz CT molecular complexity index is 532. The van der Waals surface area contributed by atoms with E-state index in [9.17, 15) is 14.9 Å². The quantitative estimate of drug-likeness (QED) is 0.502. The van der Waals surface area contributed by atoms with Crippen LogP contribution >= 0.6 is 0 Å². The van der Waals surface area contributed by atoms with Gasteiger partial charge in [-0.3, -0.25) is 14.9 Å². The average Bonchev–Trinajstić information content (AvgIpc) is 2.37. The summed E-state index contributed by atoms with van der Waals surface area (Å²) in [5.74, 6) is 2.24. The Morgan fingerprint density at radius 2 is 2.26 bits per heavy atom. The highest BCUT2D eigenvalue weighted by molar-refractivity contribution is 5.94. The first-order valence-electron chi connectivity index (χ1n) is 5.99. The molecule has 19 heavy (non-hydrogen) atoms. The summed E-state index contributed by atoms with van der Waals surface area (Å²) >= 11 is 0. The molecule has 0 aliphatic heterocycles. The topological polar surface area (TPSA) is 72.2 Å². The second kappa shape index (κ2) is 6.55. The fraction of sp³-hybridized carbons (Fsp3) is 0.357. The van der Waals surface area contributed by atoms with Crippen molar-refractivity contribution in [2.24, 2.45) is 0 Å². The van der Waals surface area contributed by atoms with Gasteiger partial charge < -0.3 is 5.32 Å². The van der Waals surface area contributed by atoms with Gasteiger partial charge in [-0.1, -0.05) is 6.92 Å². The third-order valence-corrected chi connectivity index (χ3v) is 2.85. The summed E-state index contributed by atoms with van der Waals surface area (Å²) in [4.78, 5) is 22.2. The van der Waals surface area contributed by atoms with Gasteiger partial charge >= 0.3 is 0 Å². The highest BCUT2D eigenvalue weighted by Crippen LogP contribution is 2.18. The van der Waals surface area contributed by atoms with Gasteiger partial charge in [-0.25, -0.2) is 0 Å². The van der Waals surface area contributed by atoms with Gasteiger partial charge in [0.1, 0.15) is 0 Å². The number of amides is 1. The molecule has 0 saturated carbocycles. The number of terminal acetylenes is 1. The second-order valence-electron chi connectivity index (χ2n) is 4.25. The molecule has 0 aliphatic carbocycles. The molecule has 1 rings (SSSR count).